The van der Waals surface area contributed by atoms with Crippen LogP contribution < -0.4 is 9.64 Å². The molecule has 33 heavy (non-hydrogen) atoms. The number of carbonyl (C=O) groups is 1. The Hall–Kier alpha value is -3.31. The van der Waals surface area contributed by atoms with Crippen molar-refractivity contribution in [2.24, 2.45) is 0 Å². The second kappa shape index (κ2) is 8.91. The van der Waals surface area contributed by atoms with Gasteiger partial charge in [0.15, 0.2) is 0 Å². The van der Waals surface area contributed by atoms with Crippen molar-refractivity contribution in [2.45, 2.75) is 32.7 Å². The lowest BCUT2D eigenvalue weighted by Gasteiger charge is -2.18. The van der Waals surface area contributed by atoms with Crippen molar-refractivity contribution in [3.05, 3.63) is 88.7 Å². The Labute approximate surface area is 198 Å². The van der Waals surface area contributed by atoms with Gasteiger partial charge in [-0.05, 0) is 67.4 Å². The molecule has 6 heteroatoms. The van der Waals surface area contributed by atoms with E-state index in [4.69, 9.17) is 21.3 Å². The van der Waals surface area contributed by atoms with Gasteiger partial charge in [0, 0.05) is 29.6 Å². The van der Waals surface area contributed by atoms with Crippen LogP contribution in [0.2, 0.25) is 5.02 Å². The van der Waals surface area contributed by atoms with Gasteiger partial charge in [-0.15, -0.1) is 0 Å². The molecule has 0 N–H and O–H groups in total. The monoisotopic (exact) mass is 459 g/mol. The second-order valence-corrected chi connectivity index (χ2v) is 9.10. The quantitative estimate of drug-likeness (QED) is 0.360. The van der Waals surface area contributed by atoms with Gasteiger partial charge in [0.25, 0.3) is 0 Å². The number of rotatable bonds is 6. The fourth-order valence-corrected chi connectivity index (χ4v) is 4.87. The molecule has 3 aromatic carbocycles. The van der Waals surface area contributed by atoms with Gasteiger partial charge in [-0.2, -0.15) is 0 Å². The number of aryl methyl sites for hydroxylation is 2. The first-order valence-electron chi connectivity index (χ1n) is 11.2. The first-order chi connectivity index (χ1) is 16.0. The minimum Gasteiger partial charge on any atom is -0.492 e. The third kappa shape index (κ3) is 4.46. The molecule has 1 atom stereocenters. The number of ether oxygens (including phenoxy) is 1. The number of amides is 1. The van der Waals surface area contributed by atoms with Gasteiger partial charge in [-0.1, -0.05) is 35.9 Å². The van der Waals surface area contributed by atoms with Crippen molar-refractivity contribution in [3.63, 3.8) is 0 Å². The Morgan fingerprint density at radius 3 is 2.61 bits per heavy atom. The number of benzene rings is 3. The Kier molecular flexibility index (Phi) is 5.81. The molecular weight excluding hydrogens is 434 g/mol. The number of carbonyl (C=O) groups excluding carboxylic acids is 1. The van der Waals surface area contributed by atoms with E-state index in [1.165, 1.54) is 11.1 Å². The molecule has 168 valence electrons. The third-order valence-corrected chi connectivity index (χ3v) is 6.31. The molecule has 1 unspecified atom stereocenters. The molecule has 1 aromatic heterocycles. The summed E-state index contributed by atoms with van der Waals surface area (Å²) in [5.74, 6) is 1.90. The Balaban J connectivity index is 1.40. The van der Waals surface area contributed by atoms with E-state index in [1.54, 1.807) is 0 Å². The number of fused-ring (bicyclic) bond motifs is 1. The topological polar surface area (TPSA) is 47.4 Å². The number of hydrogen-bond acceptors (Lipinski definition) is 3. The Bertz CT molecular complexity index is 1310. The van der Waals surface area contributed by atoms with E-state index in [0.717, 1.165) is 28.3 Å². The summed E-state index contributed by atoms with van der Waals surface area (Å²) in [5, 5.41) is 0.625. The largest absolute Gasteiger partial charge is 0.492 e. The van der Waals surface area contributed by atoms with Crippen LogP contribution in [0, 0.1) is 13.8 Å². The number of aromatic nitrogens is 2. The fourth-order valence-electron chi connectivity index (χ4n) is 4.69. The lowest BCUT2D eigenvalue weighted by Crippen LogP contribution is -2.24. The lowest BCUT2D eigenvalue weighted by atomic mass is 10.1. The van der Waals surface area contributed by atoms with Gasteiger partial charge >= 0.3 is 0 Å². The van der Waals surface area contributed by atoms with Crippen molar-refractivity contribution in [3.8, 4) is 5.75 Å². The summed E-state index contributed by atoms with van der Waals surface area (Å²) in [5.41, 5.74) is 5.20. The zero-order chi connectivity index (χ0) is 22.9. The van der Waals surface area contributed by atoms with Crippen molar-refractivity contribution < 1.29 is 9.53 Å². The number of halogens is 1. The molecule has 0 saturated carbocycles. The van der Waals surface area contributed by atoms with Crippen LogP contribution in [0.3, 0.4) is 0 Å². The first-order valence-corrected chi connectivity index (χ1v) is 11.6. The van der Waals surface area contributed by atoms with Crippen LogP contribution in [0.4, 0.5) is 5.69 Å². The average Bonchev–Trinajstić information content (AvgIpc) is 3.34. The van der Waals surface area contributed by atoms with Crippen LogP contribution in [0.5, 0.6) is 5.75 Å². The highest BCUT2D eigenvalue weighted by molar-refractivity contribution is 6.30. The summed E-state index contributed by atoms with van der Waals surface area (Å²) >= 11 is 6.16. The summed E-state index contributed by atoms with van der Waals surface area (Å²) in [6.45, 7) is 5.91. The molecule has 5 rings (SSSR count). The fraction of sp³-hybridized carbons (Fsp3) is 0.259. The molecule has 1 aliphatic heterocycles. The predicted molar refractivity (Wildman–Crippen MR) is 132 cm³/mol. The van der Waals surface area contributed by atoms with E-state index < -0.39 is 0 Å². The average molecular weight is 460 g/mol. The van der Waals surface area contributed by atoms with E-state index in [2.05, 4.69) is 42.7 Å². The molecule has 0 aliphatic carbocycles. The number of imidazole rings is 1. The Morgan fingerprint density at radius 2 is 1.82 bits per heavy atom. The summed E-state index contributed by atoms with van der Waals surface area (Å²) in [6, 6.07) is 21.8. The molecule has 0 spiro atoms. The van der Waals surface area contributed by atoms with Crippen LogP contribution in [0.15, 0.2) is 66.7 Å². The highest BCUT2D eigenvalue weighted by Gasteiger charge is 2.34. The Morgan fingerprint density at radius 1 is 1.03 bits per heavy atom. The van der Waals surface area contributed by atoms with Gasteiger partial charge < -0.3 is 14.2 Å². The van der Waals surface area contributed by atoms with E-state index in [0.29, 0.717) is 31.1 Å². The molecule has 0 bridgehead atoms. The number of hydrogen-bond donors (Lipinski definition) is 0. The standard InChI is InChI=1S/C27H26ClN3O2/c1-18-12-19(2)14-23(13-18)33-11-10-30-25-9-4-3-8-24(25)29-27(30)20-15-26(32)31(17-20)22-7-5-6-21(28)16-22/h3-9,12-14,16,20H,10-11,15,17H2,1-2H3. The van der Waals surface area contributed by atoms with Gasteiger partial charge in [0.05, 0.1) is 17.6 Å². The highest BCUT2D eigenvalue weighted by atomic mass is 35.5. The van der Waals surface area contributed by atoms with Gasteiger partial charge in [-0.3, -0.25) is 4.79 Å². The van der Waals surface area contributed by atoms with E-state index >= 15 is 0 Å². The molecule has 2 heterocycles. The summed E-state index contributed by atoms with van der Waals surface area (Å²) in [7, 11) is 0. The van der Waals surface area contributed by atoms with E-state index in [1.807, 2.05) is 47.4 Å². The van der Waals surface area contributed by atoms with Crippen molar-refractivity contribution in [1.82, 2.24) is 9.55 Å². The summed E-state index contributed by atoms with van der Waals surface area (Å²) in [6.07, 6.45) is 0.424. The zero-order valence-corrected chi connectivity index (χ0v) is 19.5. The summed E-state index contributed by atoms with van der Waals surface area (Å²) < 4.78 is 8.30. The van der Waals surface area contributed by atoms with Gasteiger partial charge in [0.1, 0.15) is 18.2 Å². The molecule has 5 nitrogen and oxygen atoms in total. The number of nitrogens with zero attached hydrogens (tertiary/aromatic N) is 3. The predicted octanol–water partition coefficient (Wildman–Crippen LogP) is 5.91. The molecule has 4 aromatic rings. The van der Waals surface area contributed by atoms with Crippen molar-refractivity contribution in [1.29, 1.82) is 0 Å². The molecule has 0 radical (unpaired) electrons. The van der Waals surface area contributed by atoms with Gasteiger partial charge in [0.2, 0.25) is 5.91 Å². The zero-order valence-electron chi connectivity index (χ0n) is 18.8. The van der Waals surface area contributed by atoms with Crippen LogP contribution in [-0.4, -0.2) is 28.6 Å². The maximum Gasteiger partial charge on any atom is 0.227 e. The highest BCUT2D eigenvalue weighted by Crippen LogP contribution is 2.34. The smallest absolute Gasteiger partial charge is 0.227 e. The van der Waals surface area contributed by atoms with Crippen molar-refractivity contribution >= 4 is 34.2 Å². The van der Waals surface area contributed by atoms with E-state index in [9.17, 15) is 4.79 Å². The van der Waals surface area contributed by atoms with Gasteiger partial charge in [-0.25, -0.2) is 4.98 Å². The third-order valence-electron chi connectivity index (χ3n) is 6.07. The van der Waals surface area contributed by atoms with Crippen LogP contribution in [0.25, 0.3) is 11.0 Å². The number of anilines is 1. The van der Waals surface area contributed by atoms with Crippen LogP contribution in [-0.2, 0) is 11.3 Å². The SMILES string of the molecule is Cc1cc(C)cc(OCCn2c(C3CC(=O)N(c4cccc(Cl)c4)C3)nc3ccccc32)c1. The minimum absolute atomic E-state index is 0.00472. The normalized spacial score (nSPS) is 16.0. The maximum atomic E-state index is 12.9. The minimum atomic E-state index is 0.00472. The maximum absolute atomic E-state index is 12.9. The molecule has 1 aliphatic rings. The molecule has 1 fully saturated rings. The lowest BCUT2D eigenvalue weighted by molar-refractivity contribution is -0.117. The molecule has 1 saturated heterocycles. The van der Waals surface area contributed by atoms with E-state index in [-0.39, 0.29) is 11.8 Å². The van der Waals surface area contributed by atoms with Crippen LogP contribution >= 0.6 is 11.6 Å². The second-order valence-electron chi connectivity index (χ2n) is 8.67. The first kappa shape index (κ1) is 21.5. The molecule has 1 amide bonds. The summed E-state index contributed by atoms with van der Waals surface area (Å²) in [4.78, 5) is 19.6. The van der Waals surface area contributed by atoms with Crippen molar-refractivity contribution in [2.75, 3.05) is 18.1 Å². The number of para-hydroxylation sites is 2. The van der Waals surface area contributed by atoms with Crippen LogP contribution in [0.1, 0.15) is 29.3 Å². The molecular formula is C27H26ClN3O2.